The molecule has 1 atom stereocenters. The highest BCUT2D eigenvalue weighted by atomic mass is 16.3. The molecule has 4 heteroatoms. The molecule has 4 nitrogen and oxygen atoms in total. The molecule has 2 rings (SSSR count). The van der Waals surface area contributed by atoms with Gasteiger partial charge in [-0.1, -0.05) is 0 Å². The average molecular weight is 191 g/mol. The van der Waals surface area contributed by atoms with Gasteiger partial charge in [-0.3, -0.25) is 4.68 Å². The van der Waals surface area contributed by atoms with Crippen molar-refractivity contribution in [3.8, 4) is 0 Å². The van der Waals surface area contributed by atoms with Gasteiger partial charge in [0.2, 0.25) is 0 Å². The molecule has 0 fully saturated rings. The summed E-state index contributed by atoms with van der Waals surface area (Å²) in [5.74, 6) is 0.904. The molecule has 0 radical (unpaired) electrons. The van der Waals surface area contributed by atoms with E-state index in [4.69, 9.17) is 10.2 Å². The van der Waals surface area contributed by atoms with E-state index >= 15 is 0 Å². The minimum absolute atomic E-state index is 0.0464. The molecular formula is C10H13N3O. The average Bonchev–Trinajstić information content (AvgIpc) is 2.75. The van der Waals surface area contributed by atoms with Crippen molar-refractivity contribution in [2.75, 3.05) is 0 Å². The second-order valence-electron chi connectivity index (χ2n) is 3.34. The number of nitrogens with zero attached hydrogens (tertiary/aromatic N) is 2. The lowest BCUT2D eigenvalue weighted by atomic mass is 10.1. The molecule has 0 saturated carbocycles. The first-order valence-electron chi connectivity index (χ1n) is 4.52. The van der Waals surface area contributed by atoms with Crippen molar-refractivity contribution in [2.24, 2.45) is 12.8 Å². The molecule has 0 saturated heterocycles. The van der Waals surface area contributed by atoms with Crippen LogP contribution in [0.1, 0.15) is 17.4 Å². The Kier molecular flexibility index (Phi) is 2.37. The van der Waals surface area contributed by atoms with Crippen molar-refractivity contribution in [2.45, 2.75) is 12.5 Å². The van der Waals surface area contributed by atoms with Gasteiger partial charge >= 0.3 is 0 Å². The fourth-order valence-corrected chi connectivity index (χ4v) is 1.39. The Morgan fingerprint density at radius 3 is 3.07 bits per heavy atom. The summed E-state index contributed by atoms with van der Waals surface area (Å²) in [5.41, 5.74) is 7.02. The fourth-order valence-electron chi connectivity index (χ4n) is 1.39. The van der Waals surface area contributed by atoms with Crippen LogP contribution in [0.25, 0.3) is 0 Å². The Labute approximate surface area is 82.3 Å². The Bertz CT molecular complexity index is 391. The van der Waals surface area contributed by atoms with Gasteiger partial charge in [-0.15, -0.1) is 0 Å². The van der Waals surface area contributed by atoms with Crippen LogP contribution in [0.2, 0.25) is 0 Å². The largest absolute Gasteiger partial charge is 0.469 e. The van der Waals surface area contributed by atoms with E-state index in [9.17, 15) is 0 Å². The maximum atomic E-state index is 5.99. The van der Waals surface area contributed by atoms with Gasteiger partial charge in [0.1, 0.15) is 5.76 Å². The Morgan fingerprint density at radius 2 is 2.50 bits per heavy atom. The standard InChI is InChI=1S/C10H13N3O/c1-13-7-8(6-12-13)10(11)5-9-3-2-4-14-9/h2-4,6-7,10H,5,11H2,1H3. The molecule has 2 aromatic heterocycles. The molecule has 0 spiro atoms. The third-order valence-electron chi connectivity index (χ3n) is 2.15. The van der Waals surface area contributed by atoms with E-state index in [1.165, 1.54) is 0 Å². The summed E-state index contributed by atoms with van der Waals surface area (Å²) in [4.78, 5) is 0. The smallest absolute Gasteiger partial charge is 0.105 e. The van der Waals surface area contributed by atoms with Crippen LogP contribution >= 0.6 is 0 Å². The first kappa shape index (κ1) is 9.02. The molecule has 0 aliphatic rings. The van der Waals surface area contributed by atoms with Gasteiger partial charge < -0.3 is 10.2 Å². The highest BCUT2D eigenvalue weighted by Crippen LogP contribution is 2.15. The second kappa shape index (κ2) is 3.67. The van der Waals surface area contributed by atoms with Gasteiger partial charge in [-0.25, -0.2) is 0 Å². The summed E-state index contributed by atoms with van der Waals surface area (Å²) in [7, 11) is 1.88. The molecular weight excluding hydrogens is 178 g/mol. The zero-order valence-electron chi connectivity index (χ0n) is 8.05. The monoisotopic (exact) mass is 191 g/mol. The van der Waals surface area contributed by atoms with Crippen molar-refractivity contribution in [3.05, 3.63) is 42.1 Å². The van der Waals surface area contributed by atoms with Gasteiger partial charge in [0.15, 0.2) is 0 Å². The summed E-state index contributed by atoms with van der Waals surface area (Å²) in [6.45, 7) is 0. The van der Waals surface area contributed by atoms with Crippen molar-refractivity contribution >= 4 is 0 Å². The van der Waals surface area contributed by atoms with Crippen LogP contribution in [-0.4, -0.2) is 9.78 Å². The Morgan fingerprint density at radius 1 is 1.64 bits per heavy atom. The molecule has 2 heterocycles. The second-order valence-corrected chi connectivity index (χ2v) is 3.34. The summed E-state index contributed by atoms with van der Waals surface area (Å²) in [6.07, 6.45) is 6.07. The quantitative estimate of drug-likeness (QED) is 0.794. The van der Waals surface area contributed by atoms with Gasteiger partial charge in [-0.05, 0) is 12.1 Å². The van der Waals surface area contributed by atoms with E-state index in [1.54, 1.807) is 17.1 Å². The Hall–Kier alpha value is -1.55. The van der Waals surface area contributed by atoms with E-state index in [1.807, 2.05) is 25.4 Å². The van der Waals surface area contributed by atoms with E-state index in [2.05, 4.69) is 5.10 Å². The van der Waals surface area contributed by atoms with Gasteiger partial charge in [0, 0.05) is 31.3 Å². The van der Waals surface area contributed by atoms with E-state index in [-0.39, 0.29) is 6.04 Å². The molecule has 0 aliphatic carbocycles. The Balaban J connectivity index is 2.06. The van der Waals surface area contributed by atoms with Crippen LogP contribution in [0.15, 0.2) is 35.2 Å². The first-order valence-corrected chi connectivity index (χ1v) is 4.52. The molecule has 0 aromatic carbocycles. The lowest BCUT2D eigenvalue weighted by molar-refractivity contribution is 0.488. The van der Waals surface area contributed by atoms with Crippen LogP contribution in [0.5, 0.6) is 0 Å². The topological polar surface area (TPSA) is 57.0 Å². The van der Waals surface area contributed by atoms with Crippen LogP contribution < -0.4 is 5.73 Å². The van der Waals surface area contributed by atoms with Crippen molar-refractivity contribution in [3.63, 3.8) is 0 Å². The zero-order chi connectivity index (χ0) is 9.97. The van der Waals surface area contributed by atoms with Crippen molar-refractivity contribution in [1.29, 1.82) is 0 Å². The molecule has 74 valence electrons. The predicted molar refractivity (Wildman–Crippen MR) is 52.5 cm³/mol. The van der Waals surface area contributed by atoms with Crippen molar-refractivity contribution < 1.29 is 4.42 Å². The van der Waals surface area contributed by atoms with Crippen molar-refractivity contribution in [1.82, 2.24) is 9.78 Å². The highest BCUT2D eigenvalue weighted by Gasteiger charge is 2.10. The molecule has 2 aromatic rings. The molecule has 0 aliphatic heterocycles. The SMILES string of the molecule is Cn1cc(C(N)Cc2ccco2)cn1. The first-order chi connectivity index (χ1) is 6.75. The third-order valence-corrected chi connectivity index (χ3v) is 2.15. The van der Waals surface area contributed by atoms with E-state index < -0.39 is 0 Å². The highest BCUT2D eigenvalue weighted by molar-refractivity contribution is 5.13. The summed E-state index contributed by atoms with van der Waals surface area (Å²) < 4.78 is 6.97. The number of aromatic nitrogens is 2. The minimum atomic E-state index is -0.0464. The maximum absolute atomic E-state index is 5.99. The third kappa shape index (κ3) is 1.85. The van der Waals surface area contributed by atoms with Gasteiger partial charge in [0.25, 0.3) is 0 Å². The predicted octanol–water partition coefficient (Wildman–Crippen LogP) is 1.26. The lowest BCUT2D eigenvalue weighted by Gasteiger charge is -2.06. The van der Waals surface area contributed by atoms with Crippen LogP contribution in [0.4, 0.5) is 0 Å². The van der Waals surface area contributed by atoms with E-state index in [0.29, 0.717) is 6.42 Å². The zero-order valence-corrected chi connectivity index (χ0v) is 8.05. The summed E-state index contributed by atoms with van der Waals surface area (Å²) in [6, 6.07) is 3.75. The number of aryl methyl sites for hydroxylation is 1. The summed E-state index contributed by atoms with van der Waals surface area (Å²) in [5, 5.41) is 4.07. The lowest BCUT2D eigenvalue weighted by Crippen LogP contribution is -2.12. The van der Waals surface area contributed by atoms with Crippen LogP contribution in [-0.2, 0) is 13.5 Å². The van der Waals surface area contributed by atoms with E-state index in [0.717, 1.165) is 11.3 Å². The molecule has 2 N–H and O–H groups in total. The number of nitrogens with two attached hydrogens (primary N) is 1. The molecule has 14 heavy (non-hydrogen) atoms. The maximum Gasteiger partial charge on any atom is 0.105 e. The number of furan rings is 1. The van der Waals surface area contributed by atoms with Crippen LogP contribution in [0.3, 0.4) is 0 Å². The fraction of sp³-hybridized carbons (Fsp3) is 0.300. The van der Waals surface area contributed by atoms with Gasteiger partial charge in [0.05, 0.1) is 12.5 Å². The van der Waals surface area contributed by atoms with Gasteiger partial charge in [-0.2, -0.15) is 5.10 Å². The van der Waals surface area contributed by atoms with Crippen LogP contribution in [0, 0.1) is 0 Å². The number of hydrogen-bond donors (Lipinski definition) is 1. The molecule has 0 bridgehead atoms. The number of hydrogen-bond acceptors (Lipinski definition) is 3. The molecule has 1 unspecified atom stereocenters. The minimum Gasteiger partial charge on any atom is -0.469 e. The summed E-state index contributed by atoms with van der Waals surface area (Å²) >= 11 is 0. The number of rotatable bonds is 3. The molecule has 0 amide bonds. The normalized spacial score (nSPS) is 13.0.